The number of hydrogen-bond acceptors (Lipinski definition) is 2. The van der Waals surface area contributed by atoms with Crippen molar-refractivity contribution in [3.63, 3.8) is 0 Å². The van der Waals surface area contributed by atoms with Gasteiger partial charge in [0.1, 0.15) is 0 Å². The maximum Gasteiger partial charge on any atom is 0.0726 e. The van der Waals surface area contributed by atoms with Crippen LogP contribution in [0.15, 0.2) is 42.7 Å². The number of rotatable bonds is 1. The van der Waals surface area contributed by atoms with Gasteiger partial charge in [0, 0.05) is 17.8 Å². The van der Waals surface area contributed by atoms with Crippen molar-refractivity contribution in [3.8, 4) is 0 Å². The van der Waals surface area contributed by atoms with Gasteiger partial charge in [-0.25, -0.2) is 0 Å². The molecule has 1 N–H and O–H groups in total. The van der Waals surface area contributed by atoms with Crippen LogP contribution >= 0.6 is 0 Å². The minimum Gasteiger partial charge on any atom is -0.389 e. The third-order valence-corrected chi connectivity index (χ3v) is 3.62. The average Bonchev–Trinajstić information content (AvgIpc) is 2.63. The molecule has 2 aromatic rings. The van der Waals surface area contributed by atoms with Crippen LogP contribution in [0.1, 0.15) is 31.2 Å². The number of pyridine rings is 1. The third-order valence-electron chi connectivity index (χ3n) is 3.62. The Hall–Kier alpha value is -1.67. The number of fused-ring (bicyclic) bond motifs is 1. The molecule has 1 aliphatic carbocycles. The topological polar surface area (TPSA) is 33.1 Å². The highest BCUT2D eigenvalue weighted by Crippen LogP contribution is 2.30. The Balaban J connectivity index is 2.13. The van der Waals surface area contributed by atoms with E-state index >= 15 is 0 Å². The molecular weight excluding hydrogens is 222 g/mol. The van der Waals surface area contributed by atoms with Gasteiger partial charge in [0.25, 0.3) is 0 Å². The van der Waals surface area contributed by atoms with Crippen LogP contribution in [0.3, 0.4) is 0 Å². The predicted molar refractivity (Wildman–Crippen MR) is 74.2 cm³/mol. The summed E-state index contributed by atoms with van der Waals surface area (Å²) in [5.41, 5.74) is 2.52. The van der Waals surface area contributed by atoms with E-state index in [1.165, 1.54) is 16.5 Å². The maximum absolute atomic E-state index is 9.90. The Bertz CT molecular complexity index is 583. The van der Waals surface area contributed by atoms with Gasteiger partial charge in [-0.2, -0.15) is 0 Å². The molecule has 0 radical (unpaired) electrons. The Kier molecular flexibility index (Phi) is 3.11. The molecule has 92 valence electrons. The van der Waals surface area contributed by atoms with Gasteiger partial charge in [-0.05, 0) is 41.9 Å². The van der Waals surface area contributed by atoms with Gasteiger partial charge in [-0.1, -0.05) is 30.7 Å². The van der Waals surface area contributed by atoms with E-state index < -0.39 is 0 Å². The fraction of sp³-hybridized carbons (Fsp3) is 0.312. The fourth-order valence-corrected chi connectivity index (χ4v) is 2.69. The standard InChI is InChI=1S/C16H17NO/c18-14-6-2-1-4-12(10-14)15-7-3-5-13-11-17-9-8-16(13)15/h3,5,7-11,14,18H,1-2,4,6H2. The summed E-state index contributed by atoms with van der Waals surface area (Å²) < 4.78 is 0. The fourth-order valence-electron chi connectivity index (χ4n) is 2.69. The highest BCUT2D eigenvalue weighted by molar-refractivity contribution is 5.93. The highest BCUT2D eigenvalue weighted by atomic mass is 16.3. The first-order valence-electron chi connectivity index (χ1n) is 6.56. The van der Waals surface area contributed by atoms with Gasteiger partial charge >= 0.3 is 0 Å². The van der Waals surface area contributed by atoms with Crippen LogP contribution in [0.4, 0.5) is 0 Å². The van der Waals surface area contributed by atoms with E-state index in [0.717, 1.165) is 31.1 Å². The first-order valence-corrected chi connectivity index (χ1v) is 6.56. The quantitative estimate of drug-likeness (QED) is 0.825. The Morgan fingerprint density at radius 2 is 2.11 bits per heavy atom. The molecule has 2 nitrogen and oxygen atoms in total. The number of aliphatic hydroxyl groups is 1. The van der Waals surface area contributed by atoms with Crippen LogP contribution in [0, 0.1) is 0 Å². The zero-order chi connectivity index (χ0) is 12.4. The number of aliphatic hydroxyl groups excluding tert-OH is 1. The molecule has 3 rings (SSSR count). The van der Waals surface area contributed by atoms with E-state index in [4.69, 9.17) is 0 Å². The van der Waals surface area contributed by atoms with Crippen molar-refractivity contribution in [3.05, 3.63) is 48.3 Å². The molecule has 1 heterocycles. The first kappa shape index (κ1) is 11.4. The summed E-state index contributed by atoms with van der Waals surface area (Å²) in [6.45, 7) is 0. The van der Waals surface area contributed by atoms with Gasteiger partial charge in [-0.15, -0.1) is 0 Å². The zero-order valence-electron chi connectivity index (χ0n) is 10.3. The predicted octanol–water partition coefficient (Wildman–Crippen LogP) is 3.55. The Morgan fingerprint density at radius 1 is 1.17 bits per heavy atom. The second-order valence-electron chi connectivity index (χ2n) is 4.91. The maximum atomic E-state index is 9.90. The molecule has 1 aromatic carbocycles. The molecule has 0 spiro atoms. The lowest BCUT2D eigenvalue weighted by Gasteiger charge is -2.10. The van der Waals surface area contributed by atoms with Gasteiger partial charge in [0.05, 0.1) is 6.10 Å². The highest BCUT2D eigenvalue weighted by Gasteiger charge is 2.12. The van der Waals surface area contributed by atoms with E-state index in [0.29, 0.717) is 0 Å². The third kappa shape index (κ3) is 2.16. The van der Waals surface area contributed by atoms with Gasteiger partial charge < -0.3 is 5.11 Å². The minimum atomic E-state index is -0.292. The molecule has 0 bridgehead atoms. The SMILES string of the molecule is OC1C=C(c2cccc3cnccc23)CCCC1. The van der Waals surface area contributed by atoms with E-state index in [2.05, 4.69) is 29.2 Å². The number of aromatic nitrogens is 1. The van der Waals surface area contributed by atoms with Crippen molar-refractivity contribution in [1.82, 2.24) is 4.98 Å². The van der Waals surface area contributed by atoms with Crippen molar-refractivity contribution in [2.24, 2.45) is 0 Å². The molecule has 0 amide bonds. The van der Waals surface area contributed by atoms with Crippen LogP contribution in [0.5, 0.6) is 0 Å². The van der Waals surface area contributed by atoms with E-state index in [1.807, 2.05) is 18.5 Å². The second-order valence-corrected chi connectivity index (χ2v) is 4.91. The van der Waals surface area contributed by atoms with E-state index in [9.17, 15) is 5.11 Å². The van der Waals surface area contributed by atoms with Crippen molar-refractivity contribution < 1.29 is 5.11 Å². The molecule has 18 heavy (non-hydrogen) atoms. The summed E-state index contributed by atoms with van der Waals surface area (Å²) >= 11 is 0. The molecule has 2 heteroatoms. The molecular formula is C16H17NO. The number of allylic oxidation sites excluding steroid dienone is 1. The van der Waals surface area contributed by atoms with Crippen LogP contribution in [-0.2, 0) is 0 Å². The number of benzene rings is 1. The van der Waals surface area contributed by atoms with Crippen LogP contribution in [0.2, 0.25) is 0 Å². The van der Waals surface area contributed by atoms with Crippen LogP contribution < -0.4 is 0 Å². The first-order chi connectivity index (χ1) is 8.84. The molecule has 0 fully saturated rings. The Labute approximate surface area is 107 Å². The zero-order valence-corrected chi connectivity index (χ0v) is 10.3. The van der Waals surface area contributed by atoms with Crippen LogP contribution in [0.25, 0.3) is 16.3 Å². The summed E-state index contributed by atoms with van der Waals surface area (Å²) in [7, 11) is 0. The van der Waals surface area contributed by atoms with Gasteiger partial charge in [0.15, 0.2) is 0 Å². The summed E-state index contributed by atoms with van der Waals surface area (Å²) in [6, 6.07) is 8.35. The molecule has 0 saturated heterocycles. The Morgan fingerprint density at radius 3 is 3.06 bits per heavy atom. The molecule has 1 unspecified atom stereocenters. The summed E-state index contributed by atoms with van der Waals surface area (Å²) in [5.74, 6) is 0. The van der Waals surface area contributed by atoms with Crippen molar-refractivity contribution in [2.75, 3.05) is 0 Å². The van der Waals surface area contributed by atoms with E-state index in [-0.39, 0.29) is 6.10 Å². The molecule has 1 aromatic heterocycles. The normalized spacial score (nSPS) is 20.5. The van der Waals surface area contributed by atoms with Gasteiger partial charge in [-0.3, -0.25) is 4.98 Å². The van der Waals surface area contributed by atoms with Crippen LogP contribution in [-0.4, -0.2) is 16.2 Å². The molecule has 1 aliphatic rings. The van der Waals surface area contributed by atoms with Crippen molar-refractivity contribution >= 4 is 16.3 Å². The summed E-state index contributed by atoms with van der Waals surface area (Å²) in [5, 5.41) is 12.3. The van der Waals surface area contributed by atoms with Gasteiger partial charge in [0.2, 0.25) is 0 Å². The second kappa shape index (κ2) is 4.91. The van der Waals surface area contributed by atoms with Crippen molar-refractivity contribution in [1.29, 1.82) is 0 Å². The number of hydrogen-bond donors (Lipinski definition) is 1. The lowest BCUT2D eigenvalue weighted by molar-refractivity contribution is 0.211. The summed E-state index contributed by atoms with van der Waals surface area (Å²) in [6.07, 6.45) is 9.67. The lowest BCUT2D eigenvalue weighted by atomic mass is 9.96. The lowest BCUT2D eigenvalue weighted by Crippen LogP contribution is -2.00. The molecule has 0 saturated carbocycles. The number of nitrogens with zero attached hydrogens (tertiary/aromatic N) is 1. The minimum absolute atomic E-state index is 0.292. The monoisotopic (exact) mass is 239 g/mol. The molecule has 0 aliphatic heterocycles. The van der Waals surface area contributed by atoms with Crippen molar-refractivity contribution in [2.45, 2.75) is 31.8 Å². The molecule has 1 atom stereocenters. The van der Waals surface area contributed by atoms with E-state index in [1.54, 1.807) is 0 Å². The average molecular weight is 239 g/mol. The smallest absolute Gasteiger partial charge is 0.0726 e. The largest absolute Gasteiger partial charge is 0.389 e. The summed E-state index contributed by atoms with van der Waals surface area (Å²) in [4.78, 5) is 4.16.